The van der Waals surface area contributed by atoms with Crippen LogP contribution in [0.25, 0.3) is 0 Å². The molecule has 0 unspecified atom stereocenters. The maximum atomic E-state index is 5.38. The first-order valence-electron chi connectivity index (χ1n) is 6.22. The van der Waals surface area contributed by atoms with Gasteiger partial charge in [-0.25, -0.2) is 0 Å². The molecule has 3 nitrogen and oxygen atoms in total. The Morgan fingerprint density at radius 1 is 1.12 bits per heavy atom. The van der Waals surface area contributed by atoms with Crippen molar-refractivity contribution in [2.75, 3.05) is 18.0 Å². The predicted octanol–water partition coefficient (Wildman–Crippen LogP) is 3.27. The molecule has 1 aromatic rings. The Bertz CT molecular complexity index is 356. The van der Waals surface area contributed by atoms with Crippen molar-refractivity contribution in [2.24, 2.45) is 0 Å². The van der Waals surface area contributed by atoms with Gasteiger partial charge in [0, 0.05) is 18.7 Å². The molecule has 1 fully saturated rings. The van der Waals surface area contributed by atoms with Crippen molar-refractivity contribution >= 4 is 5.82 Å². The molecule has 16 heavy (non-hydrogen) atoms. The molecule has 1 aliphatic rings. The van der Waals surface area contributed by atoms with Gasteiger partial charge < -0.3 is 9.42 Å². The zero-order chi connectivity index (χ0) is 11.8. The quantitative estimate of drug-likeness (QED) is 0.730. The third-order valence-electron chi connectivity index (χ3n) is 3.25. The Balaban J connectivity index is 2.33. The lowest BCUT2D eigenvalue weighted by atomic mass is 9.86. The highest BCUT2D eigenvalue weighted by atomic mass is 16.5. The Morgan fingerprint density at radius 3 is 2.31 bits per heavy atom. The number of piperidine rings is 1. The number of hydrogen-bond donors (Lipinski definition) is 0. The number of aromatic nitrogens is 1. The van der Waals surface area contributed by atoms with Gasteiger partial charge in [-0.15, -0.1) is 0 Å². The van der Waals surface area contributed by atoms with Crippen molar-refractivity contribution in [3.8, 4) is 0 Å². The summed E-state index contributed by atoms with van der Waals surface area (Å²) < 4.78 is 5.38. The molecule has 2 heterocycles. The molecule has 3 heteroatoms. The van der Waals surface area contributed by atoms with E-state index < -0.39 is 0 Å². The van der Waals surface area contributed by atoms with Crippen LogP contribution >= 0.6 is 0 Å². The highest BCUT2D eigenvalue weighted by molar-refractivity contribution is 5.51. The van der Waals surface area contributed by atoms with Gasteiger partial charge in [-0.2, -0.15) is 0 Å². The molecule has 0 radical (unpaired) electrons. The molecule has 0 aromatic carbocycles. The lowest BCUT2D eigenvalue weighted by molar-refractivity contribution is 0.391. The Hall–Kier alpha value is -0.990. The predicted molar refractivity (Wildman–Crippen MR) is 66.0 cm³/mol. The van der Waals surface area contributed by atoms with E-state index in [9.17, 15) is 0 Å². The fourth-order valence-electron chi connectivity index (χ4n) is 2.55. The molecule has 2 rings (SSSR count). The molecule has 0 amide bonds. The smallest absolute Gasteiger partial charge is 0.175 e. The number of nitrogens with zero attached hydrogens (tertiary/aromatic N) is 2. The fraction of sp³-hybridized carbons (Fsp3) is 0.769. The van der Waals surface area contributed by atoms with E-state index in [1.54, 1.807) is 0 Å². The number of hydrogen-bond acceptors (Lipinski definition) is 3. The minimum absolute atomic E-state index is 0.108. The second-order valence-electron chi connectivity index (χ2n) is 5.74. The average Bonchev–Trinajstić information content (AvgIpc) is 2.61. The molecule has 1 aliphatic heterocycles. The van der Waals surface area contributed by atoms with Gasteiger partial charge in [0.2, 0.25) is 0 Å². The van der Waals surface area contributed by atoms with E-state index in [1.807, 2.05) is 6.92 Å². The Labute approximate surface area is 97.8 Å². The van der Waals surface area contributed by atoms with Crippen molar-refractivity contribution < 1.29 is 4.52 Å². The van der Waals surface area contributed by atoms with Gasteiger partial charge in [-0.3, -0.25) is 0 Å². The van der Waals surface area contributed by atoms with Gasteiger partial charge in [0.05, 0.1) is 0 Å². The maximum Gasteiger partial charge on any atom is 0.175 e. The average molecular weight is 222 g/mol. The molecule has 0 spiro atoms. The zero-order valence-corrected chi connectivity index (χ0v) is 10.8. The molecule has 1 saturated heterocycles. The summed E-state index contributed by atoms with van der Waals surface area (Å²) >= 11 is 0. The standard InChI is InChI=1S/C13H22N2O/c1-10-11(13(2,3)4)12(14-16-10)15-8-6-5-7-9-15/h5-9H2,1-4H3. The molecular formula is C13H22N2O. The first kappa shape index (κ1) is 11.5. The highest BCUT2D eigenvalue weighted by Gasteiger charge is 2.28. The van der Waals surface area contributed by atoms with Crippen LogP contribution < -0.4 is 4.90 Å². The van der Waals surface area contributed by atoms with Gasteiger partial charge >= 0.3 is 0 Å². The van der Waals surface area contributed by atoms with Crippen LogP contribution in [0.5, 0.6) is 0 Å². The van der Waals surface area contributed by atoms with E-state index in [2.05, 4.69) is 30.8 Å². The van der Waals surface area contributed by atoms with E-state index in [-0.39, 0.29) is 5.41 Å². The van der Waals surface area contributed by atoms with E-state index in [0.717, 1.165) is 24.7 Å². The summed E-state index contributed by atoms with van der Waals surface area (Å²) in [4.78, 5) is 2.38. The number of rotatable bonds is 1. The van der Waals surface area contributed by atoms with Crippen LogP contribution in [0.1, 0.15) is 51.4 Å². The third kappa shape index (κ3) is 2.08. The molecule has 1 aromatic heterocycles. The highest BCUT2D eigenvalue weighted by Crippen LogP contribution is 2.35. The molecule has 0 atom stereocenters. The van der Waals surface area contributed by atoms with Gasteiger partial charge in [0.1, 0.15) is 5.76 Å². The van der Waals surface area contributed by atoms with Crippen molar-refractivity contribution in [1.29, 1.82) is 0 Å². The summed E-state index contributed by atoms with van der Waals surface area (Å²) in [6.07, 6.45) is 3.89. The summed E-state index contributed by atoms with van der Waals surface area (Å²) in [5, 5.41) is 4.26. The van der Waals surface area contributed by atoms with Crippen LogP contribution in [-0.4, -0.2) is 18.2 Å². The van der Waals surface area contributed by atoms with E-state index in [4.69, 9.17) is 4.52 Å². The van der Waals surface area contributed by atoms with Gasteiger partial charge in [-0.05, 0) is 31.6 Å². The molecule has 0 bridgehead atoms. The monoisotopic (exact) mass is 222 g/mol. The van der Waals surface area contributed by atoms with Crippen molar-refractivity contribution in [1.82, 2.24) is 5.16 Å². The van der Waals surface area contributed by atoms with Crippen molar-refractivity contribution in [3.05, 3.63) is 11.3 Å². The first-order valence-corrected chi connectivity index (χ1v) is 6.22. The van der Waals surface area contributed by atoms with E-state index in [0.29, 0.717) is 0 Å². The third-order valence-corrected chi connectivity index (χ3v) is 3.25. The molecular weight excluding hydrogens is 200 g/mol. The summed E-state index contributed by atoms with van der Waals surface area (Å²) in [6.45, 7) is 10.9. The van der Waals surface area contributed by atoms with Crippen molar-refractivity contribution in [3.63, 3.8) is 0 Å². The minimum Gasteiger partial charge on any atom is -0.359 e. The summed E-state index contributed by atoms with van der Waals surface area (Å²) in [7, 11) is 0. The van der Waals surface area contributed by atoms with Crippen LogP contribution in [-0.2, 0) is 5.41 Å². The van der Waals surface area contributed by atoms with Crippen LogP contribution in [0.15, 0.2) is 4.52 Å². The Kier molecular flexibility index (Phi) is 2.96. The largest absolute Gasteiger partial charge is 0.359 e. The number of aryl methyl sites for hydroxylation is 1. The van der Waals surface area contributed by atoms with E-state index >= 15 is 0 Å². The van der Waals surface area contributed by atoms with Gasteiger partial charge in [-0.1, -0.05) is 25.9 Å². The zero-order valence-electron chi connectivity index (χ0n) is 10.8. The molecule has 0 N–H and O–H groups in total. The molecule has 0 saturated carbocycles. The summed E-state index contributed by atoms with van der Waals surface area (Å²) in [5.74, 6) is 2.04. The maximum absolute atomic E-state index is 5.38. The summed E-state index contributed by atoms with van der Waals surface area (Å²) in [6, 6.07) is 0. The van der Waals surface area contributed by atoms with Crippen molar-refractivity contribution in [2.45, 2.75) is 52.4 Å². The van der Waals surface area contributed by atoms with Gasteiger partial charge in [0.15, 0.2) is 5.82 Å². The fourth-order valence-corrected chi connectivity index (χ4v) is 2.55. The first-order chi connectivity index (χ1) is 7.50. The second-order valence-corrected chi connectivity index (χ2v) is 5.74. The molecule has 0 aliphatic carbocycles. The lowest BCUT2D eigenvalue weighted by Crippen LogP contribution is -2.31. The van der Waals surface area contributed by atoms with Crippen LogP contribution in [0.2, 0.25) is 0 Å². The topological polar surface area (TPSA) is 29.3 Å². The van der Waals surface area contributed by atoms with E-state index in [1.165, 1.54) is 24.8 Å². The normalized spacial score (nSPS) is 17.9. The summed E-state index contributed by atoms with van der Waals surface area (Å²) in [5.41, 5.74) is 1.38. The van der Waals surface area contributed by atoms with Gasteiger partial charge in [0.25, 0.3) is 0 Å². The minimum atomic E-state index is 0.108. The second kappa shape index (κ2) is 4.11. The SMILES string of the molecule is Cc1onc(N2CCCCC2)c1C(C)(C)C. The Morgan fingerprint density at radius 2 is 1.75 bits per heavy atom. The van der Waals surface area contributed by atoms with Crippen LogP contribution in [0.3, 0.4) is 0 Å². The lowest BCUT2D eigenvalue weighted by Gasteiger charge is -2.29. The molecule has 90 valence electrons. The number of anilines is 1. The van der Waals surface area contributed by atoms with Crippen LogP contribution in [0, 0.1) is 6.92 Å². The van der Waals surface area contributed by atoms with Crippen LogP contribution in [0.4, 0.5) is 5.82 Å².